The summed E-state index contributed by atoms with van der Waals surface area (Å²) < 4.78 is 13.2. The number of hydrogen-bond donors (Lipinski definition) is 1. The number of thioether (sulfide) groups is 1. The van der Waals surface area contributed by atoms with Crippen LogP contribution in [0.3, 0.4) is 0 Å². The Morgan fingerprint density at radius 2 is 1.90 bits per heavy atom. The van der Waals surface area contributed by atoms with Crippen LogP contribution in [0.15, 0.2) is 53.7 Å². The maximum absolute atomic E-state index is 12.4. The summed E-state index contributed by atoms with van der Waals surface area (Å²) >= 11 is 7.54. The quantitative estimate of drug-likeness (QED) is 0.457. The second kappa shape index (κ2) is 10.1. The van der Waals surface area contributed by atoms with E-state index in [4.69, 9.17) is 21.1 Å². The average molecular weight is 459 g/mol. The minimum atomic E-state index is -0.0740. The van der Waals surface area contributed by atoms with Crippen molar-refractivity contribution in [2.75, 3.05) is 12.9 Å². The van der Waals surface area contributed by atoms with Gasteiger partial charge in [0.2, 0.25) is 5.91 Å². The number of amides is 1. The van der Waals surface area contributed by atoms with Gasteiger partial charge in [-0.3, -0.25) is 9.36 Å². The molecule has 0 atom stereocenters. The first-order valence-electron chi connectivity index (χ1n) is 9.98. The van der Waals surface area contributed by atoms with Crippen LogP contribution in [0, 0.1) is 0 Å². The molecular formula is C22H23ClN4O3S. The SMILES string of the molecule is COc1ccccc1CNC(=O)CSc1nnc(COc2ccccc2Cl)n1C1CC1. The summed E-state index contributed by atoms with van der Waals surface area (Å²) in [5.41, 5.74) is 0.934. The highest BCUT2D eigenvalue weighted by molar-refractivity contribution is 7.99. The van der Waals surface area contributed by atoms with Crippen molar-refractivity contribution < 1.29 is 14.3 Å². The predicted octanol–water partition coefficient (Wildman–Crippen LogP) is 4.26. The highest BCUT2D eigenvalue weighted by atomic mass is 35.5. The average Bonchev–Trinajstić information content (AvgIpc) is 3.55. The van der Waals surface area contributed by atoms with Gasteiger partial charge in [-0.25, -0.2) is 0 Å². The zero-order chi connectivity index (χ0) is 21.6. The van der Waals surface area contributed by atoms with Gasteiger partial charge >= 0.3 is 0 Å². The number of hydrogen-bond acceptors (Lipinski definition) is 6. The summed E-state index contributed by atoms with van der Waals surface area (Å²) in [6, 6.07) is 15.3. The van der Waals surface area contributed by atoms with Gasteiger partial charge in [0.05, 0.1) is 17.9 Å². The molecule has 3 aromatic rings. The molecule has 0 bridgehead atoms. The zero-order valence-corrected chi connectivity index (χ0v) is 18.7. The first-order chi connectivity index (χ1) is 15.2. The van der Waals surface area contributed by atoms with Crippen molar-refractivity contribution in [1.82, 2.24) is 20.1 Å². The van der Waals surface area contributed by atoms with Crippen molar-refractivity contribution in [1.29, 1.82) is 0 Å². The molecule has 31 heavy (non-hydrogen) atoms. The molecule has 1 amide bonds. The highest BCUT2D eigenvalue weighted by Gasteiger charge is 2.30. The number of nitrogens with zero attached hydrogens (tertiary/aromatic N) is 3. The van der Waals surface area contributed by atoms with Gasteiger partial charge in [-0.15, -0.1) is 10.2 Å². The third kappa shape index (κ3) is 5.51. The van der Waals surface area contributed by atoms with E-state index in [0.29, 0.717) is 23.4 Å². The molecule has 1 fully saturated rings. The molecular weight excluding hydrogens is 436 g/mol. The number of nitrogens with one attached hydrogen (secondary N) is 1. The van der Waals surface area contributed by atoms with E-state index in [9.17, 15) is 4.79 Å². The molecule has 9 heteroatoms. The third-order valence-corrected chi connectivity index (χ3v) is 6.10. The molecule has 162 valence electrons. The lowest BCUT2D eigenvalue weighted by molar-refractivity contribution is -0.118. The number of benzene rings is 2. The molecule has 1 saturated carbocycles. The van der Waals surface area contributed by atoms with Crippen LogP contribution in [0.5, 0.6) is 11.5 Å². The van der Waals surface area contributed by atoms with E-state index in [-0.39, 0.29) is 18.3 Å². The Hall–Kier alpha value is -2.71. The van der Waals surface area contributed by atoms with E-state index < -0.39 is 0 Å². The molecule has 0 spiro atoms. The lowest BCUT2D eigenvalue weighted by atomic mass is 10.2. The monoisotopic (exact) mass is 458 g/mol. The van der Waals surface area contributed by atoms with Crippen molar-refractivity contribution in [2.24, 2.45) is 0 Å². The van der Waals surface area contributed by atoms with E-state index >= 15 is 0 Å². The molecule has 1 N–H and O–H groups in total. The molecule has 1 aromatic heterocycles. The van der Waals surface area contributed by atoms with Gasteiger partial charge in [-0.1, -0.05) is 53.7 Å². The number of carbonyl (C=O) groups is 1. The van der Waals surface area contributed by atoms with Crippen LogP contribution < -0.4 is 14.8 Å². The fraction of sp³-hybridized carbons (Fsp3) is 0.318. The van der Waals surface area contributed by atoms with E-state index in [2.05, 4.69) is 20.1 Å². The predicted molar refractivity (Wildman–Crippen MR) is 120 cm³/mol. The number of rotatable bonds is 10. The summed E-state index contributed by atoms with van der Waals surface area (Å²) in [6.45, 7) is 0.684. The van der Waals surface area contributed by atoms with E-state index in [1.54, 1.807) is 13.2 Å². The van der Waals surface area contributed by atoms with E-state index in [0.717, 1.165) is 35.1 Å². The molecule has 0 saturated heterocycles. The van der Waals surface area contributed by atoms with E-state index in [1.165, 1.54) is 11.8 Å². The Labute approximate surface area is 190 Å². The van der Waals surface area contributed by atoms with Crippen LogP contribution in [0.2, 0.25) is 5.02 Å². The summed E-state index contributed by atoms with van der Waals surface area (Å²) in [5.74, 6) is 2.28. The molecule has 0 radical (unpaired) electrons. The molecule has 1 aliphatic rings. The Morgan fingerprint density at radius 1 is 1.16 bits per heavy atom. The summed E-state index contributed by atoms with van der Waals surface area (Å²) in [5, 5.41) is 12.8. The van der Waals surface area contributed by atoms with Crippen LogP contribution in [0.25, 0.3) is 0 Å². The Kier molecular flexibility index (Phi) is 6.99. The van der Waals surface area contributed by atoms with Gasteiger partial charge < -0.3 is 14.8 Å². The molecule has 4 rings (SSSR count). The summed E-state index contributed by atoms with van der Waals surface area (Å²) in [4.78, 5) is 12.4. The van der Waals surface area contributed by atoms with Crippen molar-refractivity contribution in [2.45, 2.75) is 37.2 Å². The summed E-state index contributed by atoms with van der Waals surface area (Å²) in [6.07, 6.45) is 2.15. The molecule has 0 unspecified atom stereocenters. The number of carbonyl (C=O) groups excluding carboxylic acids is 1. The van der Waals surface area contributed by atoms with Gasteiger partial charge in [0, 0.05) is 18.2 Å². The fourth-order valence-electron chi connectivity index (χ4n) is 3.13. The Morgan fingerprint density at radius 3 is 2.65 bits per heavy atom. The standard InChI is InChI=1S/C22H23ClN4O3S/c1-29-18-8-4-2-6-15(18)12-24-21(28)14-31-22-26-25-20(27(22)16-10-11-16)13-30-19-9-5-3-7-17(19)23/h2-9,16H,10-14H2,1H3,(H,24,28). The lowest BCUT2D eigenvalue weighted by Crippen LogP contribution is -2.25. The van der Waals surface area contributed by atoms with Crippen molar-refractivity contribution >= 4 is 29.3 Å². The van der Waals surface area contributed by atoms with Crippen LogP contribution in [0.4, 0.5) is 0 Å². The number of aromatic nitrogens is 3. The lowest BCUT2D eigenvalue weighted by Gasteiger charge is -2.11. The third-order valence-electron chi connectivity index (χ3n) is 4.84. The molecule has 1 aliphatic carbocycles. The maximum atomic E-state index is 12.4. The number of halogens is 1. The van der Waals surface area contributed by atoms with Crippen molar-refractivity contribution in [3.05, 3.63) is 64.9 Å². The van der Waals surface area contributed by atoms with Gasteiger partial charge in [-0.05, 0) is 31.0 Å². The van der Waals surface area contributed by atoms with Crippen molar-refractivity contribution in [3.8, 4) is 11.5 Å². The van der Waals surface area contributed by atoms with Crippen LogP contribution in [-0.4, -0.2) is 33.5 Å². The second-order valence-corrected chi connectivity index (χ2v) is 8.45. The number of methoxy groups -OCH3 is 1. The number of para-hydroxylation sites is 2. The molecule has 0 aliphatic heterocycles. The molecule has 2 aromatic carbocycles. The van der Waals surface area contributed by atoms with Crippen LogP contribution in [0.1, 0.15) is 30.3 Å². The van der Waals surface area contributed by atoms with Gasteiger partial charge in [0.25, 0.3) is 0 Å². The van der Waals surface area contributed by atoms with Crippen LogP contribution >= 0.6 is 23.4 Å². The first-order valence-corrected chi connectivity index (χ1v) is 11.3. The summed E-state index contributed by atoms with van der Waals surface area (Å²) in [7, 11) is 1.62. The topological polar surface area (TPSA) is 78.3 Å². The number of ether oxygens (including phenoxy) is 2. The Bertz CT molecular complexity index is 1050. The van der Waals surface area contributed by atoms with E-state index in [1.807, 2.05) is 42.5 Å². The fourth-order valence-corrected chi connectivity index (χ4v) is 4.18. The normalized spacial score (nSPS) is 13.1. The maximum Gasteiger partial charge on any atom is 0.230 e. The van der Waals surface area contributed by atoms with Crippen LogP contribution in [-0.2, 0) is 17.9 Å². The van der Waals surface area contributed by atoms with Gasteiger partial charge in [0.15, 0.2) is 11.0 Å². The minimum absolute atomic E-state index is 0.0740. The Balaban J connectivity index is 1.34. The molecule has 1 heterocycles. The smallest absolute Gasteiger partial charge is 0.230 e. The largest absolute Gasteiger partial charge is 0.496 e. The van der Waals surface area contributed by atoms with Crippen molar-refractivity contribution in [3.63, 3.8) is 0 Å². The minimum Gasteiger partial charge on any atom is -0.496 e. The van der Waals surface area contributed by atoms with Gasteiger partial charge in [-0.2, -0.15) is 0 Å². The van der Waals surface area contributed by atoms with Gasteiger partial charge in [0.1, 0.15) is 18.1 Å². The molecule has 7 nitrogen and oxygen atoms in total. The zero-order valence-electron chi connectivity index (χ0n) is 17.1. The highest BCUT2D eigenvalue weighted by Crippen LogP contribution is 2.39. The first kappa shape index (κ1) is 21.5. The second-order valence-electron chi connectivity index (χ2n) is 7.10.